The molecule has 2 N–H and O–H groups in total. The zero-order valence-electron chi connectivity index (χ0n) is 23.3. The fourth-order valence-corrected chi connectivity index (χ4v) is 11.1. The van der Waals surface area contributed by atoms with Crippen LogP contribution < -0.4 is 0 Å². The number of esters is 1. The number of aliphatic hydroxyl groups excluding tert-OH is 2. The van der Waals surface area contributed by atoms with E-state index < -0.39 is 30.7 Å². The highest BCUT2D eigenvalue weighted by atomic mass is 16.7. The van der Waals surface area contributed by atoms with Gasteiger partial charge in [-0.05, 0) is 93.8 Å². The minimum atomic E-state index is -1.02. The van der Waals surface area contributed by atoms with Gasteiger partial charge in [0.15, 0.2) is 6.29 Å². The molecule has 0 radical (unpaired) electrons. The zero-order valence-corrected chi connectivity index (χ0v) is 23.3. The molecule has 2 bridgehead atoms. The lowest BCUT2D eigenvalue weighted by atomic mass is 9.42. The molecule has 4 aliphatic carbocycles. The SMILES string of the molecule is CO[C@@H]1[C@H](O)[C@H](O[C@@H]2CC[C@@]3(C)[C@H](CC[C@@H]4[C@@H]3CC[C@]3(C)[C@@H]5CC[C@@]43O[C@H]3OC(=O)C[C@H]35)C2)O[C@H](C)[C@@H]1O. The molecule has 8 heteroatoms. The van der Waals surface area contributed by atoms with Crippen molar-refractivity contribution in [3.8, 4) is 0 Å². The number of hydrogen-bond donors (Lipinski definition) is 2. The van der Waals surface area contributed by atoms with Gasteiger partial charge >= 0.3 is 5.97 Å². The van der Waals surface area contributed by atoms with Crippen molar-refractivity contribution in [2.24, 2.45) is 40.4 Å². The van der Waals surface area contributed by atoms with Crippen LogP contribution in [0.15, 0.2) is 0 Å². The second-order valence-electron chi connectivity index (χ2n) is 14.3. The van der Waals surface area contributed by atoms with Gasteiger partial charge in [0.1, 0.15) is 18.3 Å². The van der Waals surface area contributed by atoms with Crippen molar-refractivity contribution in [3.63, 3.8) is 0 Å². The first-order valence-electron chi connectivity index (χ1n) is 15.2. The van der Waals surface area contributed by atoms with E-state index in [-0.39, 0.29) is 40.7 Å². The normalized spacial score (nSPS) is 59.4. The van der Waals surface area contributed by atoms with Crippen LogP contribution in [-0.4, -0.2) is 72.0 Å². The van der Waals surface area contributed by atoms with E-state index in [1.807, 2.05) is 0 Å². The minimum Gasteiger partial charge on any atom is -0.435 e. The molecule has 15 atom stereocenters. The summed E-state index contributed by atoms with van der Waals surface area (Å²) in [5.74, 6) is 2.36. The molecule has 0 unspecified atom stereocenters. The van der Waals surface area contributed by atoms with Crippen molar-refractivity contribution in [1.82, 2.24) is 0 Å². The molecule has 7 fully saturated rings. The largest absolute Gasteiger partial charge is 0.435 e. The fraction of sp³-hybridized carbons (Fsp3) is 0.967. The van der Waals surface area contributed by atoms with E-state index in [0.29, 0.717) is 30.1 Å². The Kier molecular flexibility index (Phi) is 6.10. The lowest BCUT2D eigenvalue weighted by molar-refractivity contribution is -0.327. The maximum Gasteiger partial charge on any atom is 0.308 e. The van der Waals surface area contributed by atoms with Gasteiger partial charge in [-0.3, -0.25) is 4.79 Å². The molecule has 3 saturated heterocycles. The second kappa shape index (κ2) is 8.86. The van der Waals surface area contributed by atoms with Gasteiger partial charge in [0.2, 0.25) is 6.29 Å². The third kappa shape index (κ3) is 3.40. The Morgan fingerprint density at radius 2 is 1.74 bits per heavy atom. The van der Waals surface area contributed by atoms with E-state index in [4.69, 9.17) is 23.7 Å². The summed E-state index contributed by atoms with van der Waals surface area (Å²) in [6.07, 6.45) is 6.35. The molecule has 7 rings (SSSR count). The number of methoxy groups -OCH3 is 1. The van der Waals surface area contributed by atoms with Gasteiger partial charge in [-0.1, -0.05) is 13.8 Å². The summed E-state index contributed by atoms with van der Waals surface area (Å²) in [4.78, 5) is 12.2. The summed E-state index contributed by atoms with van der Waals surface area (Å²) < 4.78 is 30.4. The number of hydrogen-bond acceptors (Lipinski definition) is 8. The standard InChI is InChI=1S/C30H46O8/c1-15-23(32)25(34-4)24(33)27(35-15)36-17-7-10-28(2)16(13-17)5-6-21-20(28)8-11-29(3)19-9-12-30(21,29)38-26-18(19)14-22(31)37-26/h15-21,23-27,32-33H,5-14H2,1-4H3/t15-,16-,17-,18+,19-,20+,21-,23+,24+,25+,26-,27+,28+,29-,30-/m1/s1. The van der Waals surface area contributed by atoms with Crippen molar-refractivity contribution < 1.29 is 38.7 Å². The third-order valence-electron chi connectivity index (χ3n) is 13.1. The van der Waals surface area contributed by atoms with Gasteiger partial charge in [0, 0.05) is 18.4 Å². The average molecular weight is 535 g/mol. The van der Waals surface area contributed by atoms with Crippen LogP contribution in [-0.2, 0) is 28.5 Å². The Morgan fingerprint density at radius 3 is 2.53 bits per heavy atom. The van der Waals surface area contributed by atoms with Gasteiger partial charge < -0.3 is 33.9 Å². The van der Waals surface area contributed by atoms with Crippen LogP contribution in [0.3, 0.4) is 0 Å². The van der Waals surface area contributed by atoms with Gasteiger partial charge in [0.05, 0.1) is 24.2 Å². The summed E-state index contributed by atoms with van der Waals surface area (Å²) in [6, 6.07) is 0. The summed E-state index contributed by atoms with van der Waals surface area (Å²) in [5.41, 5.74) is 0.203. The Labute approximate surface area is 226 Å². The maximum absolute atomic E-state index is 12.2. The van der Waals surface area contributed by atoms with Crippen LogP contribution in [0.25, 0.3) is 0 Å². The van der Waals surface area contributed by atoms with Crippen LogP contribution in [0, 0.1) is 40.4 Å². The van der Waals surface area contributed by atoms with Crippen molar-refractivity contribution in [2.45, 2.75) is 134 Å². The summed E-state index contributed by atoms with van der Waals surface area (Å²) in [7, 11) is 1.50. The summed E-state index contributed by atoms with van der Waals surface area (Å²) in [5, 5.41) is 21.1. The molecule has 4 saturated carbocycles. The molecule has 0 aromatic carbocycles. The fourth-order valence-electron chi connectivity index (χ4n) is 11.1. The number of rotatable bonds is 3. The van der Waals surface area contributed by atoms with Gasteiger partial charge in [-0.2, -0.15) is 0 Å². The average Bonchev–Trinajstić information content (AvgIpc) is 3.34. The molecule has 214 valence electrons. The van der Waals surface area contributed by atoms with Crippen molar-refractivity contribution in [3.05, 3.63) is 0 Å². The number of carbonyl (C=O) groups excluding carboxylic acids is 1. The van der Waals surface area contributed by atoms with Crippen LogP contribution in [0.1, 0.15) is 85.0 Å². The van der Waals surface area contributed by atoms with E-state index in [1.54, 1.807) is 6.92 Å². The smallest absolute Gasteiger partial charge is 0.308 e. The number of ether oxygens (including phenoxy) is 5. The molecule has 0 amide bonds. The lowest BCUT2D eigenvalue weighted by Crippen LogP contribution is -2.67. The molecule has 8 nitrogen and oxygen atoms in total. The molecule has 7 aliphatic rings. The number of aliphatic hydroxyl groups is 2. The first-order chi connectivity index (χ1) is 18.1. The zero-order chi connectivity index (χ0) is 26.6. The van der Waals surface area contributed by atoms with Crippen LogP contribution in [0.5, 0.6) is 0 Å². The third-order valence-corrected chi connectivity index (χ3v) is 13.1. The molecule has 3 aliphatic heterocycles. The second-order valence-corrected chi connectivity index (χ2v) is 14.3. The molecular formula is C30H46O8. The molecule has 38 heavy (non-hydrogen) atoms. The predicted octanol–water partition coefficient (Wildman–Crippen LogP) is 3.55. The first kappa shape index (κ1) is 26.1. The molecular weight excluding hydrogens is 488 g/mol. The molecule has 0 aromatic rings. The highest BCUT2D eigenvalue weighted by molar-refractivity contribution is 5.72. The summed E-state index contributed by atoms with van der Waals surface area (Å²) in [6.45, 7) is 6.78. The molecule has 0 spiro atoms. The Hall–Kier alpha value is -0.770. The van der Waals surface area contributed by atoms with Crippen LogP contribution >= 0.6 is 0 Å². The molecule has 3 heterocycles. The van der Waals surface area contributed by atoms with E-state index in [2.05, 4.69) is 13.8 Å². The van der Waals surface area contributed by atoms with E-state index >= 15 is 0 Å². The highest BCUT2D eigenvalue weighted by Gasteiger charge is 2.74. The lowest BCUT2D eigenvalue weighted by Gasteiger charge is -2.67. The Balaban J connectivity index is 1.08. The minimum absolute atomic E-state index is 0.0247. The maximum atomic E-state index is 12.2. The Morgan fingerprint density at radius 1 is 0.947 bits per heavy atom. The van der Waals surface area contributed by atoms with E-state index in [9.17, 15) is 15.0 Å². The quantitative estimate of drug-likeness (QED) is 0.419. The monoisotopic (exact) mass is 534 g/mol. The number of carbonyl (C=O) groups is 1. The van der Waals surface area contributed by atoms with Crippen molar-refractivity contribution in [2.75, 3.05) is 7.11 Å². The van der Waals surface area contributed by atoms with Crippen LogP contribution in [0.2, 0.25) is 0 Å². The number of fused-ring (bicyclic) bond motifs is 5. The van der Waals surface area contributed by atoms with Crippen molar-refractivity contribution in [1.29, 1.82) is 0 Å². The van der Waals surface area contributed by atoms with Gasteiger partial charge in [0.25, 0.3) is 0 Å². The topological polar surface area (TPSA) is 104 Å². The highest BCUT2D eigenvalue weighted by Crippen LogP contribution is 2.74. The molecule has 0 aromatic heterocycles. The Bertz CT molecular complexity index is 959. The first-order valence-corrected chi connectivity index (χ1v) is 15.2. The van der Waals surface area contributed by atoms with Crippen LogP contribution in [0.4, 0.5) is 0 Å². The van der Waals surface area contributed by atoms with Gasteiger partial charge in [-0.15, -0.1) is 0 Å². The van der Waals surface area contributed by atoms with Crippen molar-refractivity contribution >= 4 is 5.97 Å². The van der Waals surface area contributed by atoms with E-state index in [0.717, 1.165) is 44.9 Å². The van der Waals surface area contributed by atoms with Gasteiger partial charge in [-0.25, -0.2) is 0 Å². The summed E-state index contributed by atoms with van der Waals surface area (Å²) >= 11 is 0. The predicted molar refractivity (Wildman–Crippen MR) is 136 cm³/mol. The van der Waals surface area contributed by atoms with E-state index in [1.165, 1.54) is 20.0 Å².